The van der Waals surface area contributed by atoms with Gasteiger partial charge in [-0.3, -0.25) is 0 Å². The molecule has 0 N–H and O–H groups in total. The van der Waals surface area contributed by atoms with Crippen LogP contribution in [0.15, 0.2) is 10.5 Å². The molecule has 0 saturated carbocycles. The van der Waals surface area contributed by atoms with E-state index in [1.165, 1.54) is 11.3 Å². The Morgan fingerprint density at radius 1 is 1.62 bits per heavy atom. The summed E-state index contributed by atoms with van der Waals surface area (Å²) >= 11 is 10.3. The lowest BCUT2D eigenvalue weighted by molar-refractivity contribution is 0.597. The van der Waals surface area contributed by atoms with E-state index in [2.05, 4.69) is 15.9 Å². The third kappa shape index (κ3) is 3.23. The largest absolute Gasteiger partial charge is 0.228 e. The summed E-state index contributed by atoms with van der Waals surface area (Å²) in [6, 6.07) is 1.75. The molecular weight excluding hydrogens is 296 g/mol. The van der Waals surface area contributed by atoms with Gasteiger partial charge in [-0.25, -0.2) is 8.42 Å². The summed E-state index contributed by atoms with van der Waals surface area (Å²) in [5, 5.41) is 0. The van der Waals surface area contributed by atoms with E-state index in [-0.39, 0.29) is 11.5 Å². The molecule has 0 unspecified atom stereocenters. The van der Waals surface area contributed by atoms with Crippen molar-refractivity contribution in [2.75, 3.05) is 5.75 Å². The van der Waals surface area contributed by atoms with Crippen molar-refractivity contribution in [1.29, 1.82) is 0 Å². The van der Waals surface area contributed by atoms with Crippen LogP contribution in [0.25, 0.3) is 0 Å². The molecule has 0 aliphatic heterocycles. The zero-order valence-corrected chi connectivity index (χ0v) is 10.9. The molecule has 1 rings (SSSR count). The molecule has 0 aromatic carbocycles. The lowest BCUT2D eigenvalue weighted by atomic mass is 10.5. The van der Waals surface area contributed by atoms with E-state index >= 15 is 0 Å². The van der Waals surface area contributed by atoms with Crippen molar-refractivity contribution in [3.8, 4) is 0 Å². The van der Waals surface area contributed by atoms with Gasteiger partial charge in [0.2, 0.25) is 0 Å². The minimum Gasteiger partial charge on any atom is -0.228 e. The van der Waals surface area contributed by atoms with E-state index in [4.69, 9.17) is 11.6 Å². The average molecular weight is 304 g/mol. The molecule has 0 saturated heterocycles. The fraction of sp³-hybridized carbons (Fsp3) is 0.429. The Morgan fingerprint density at radius 3 is 2.62 bits per heavy atom. The molecule has 0 spiro atoms. The van der Waals surface area contributed by atoms with Crippen LogP contribution < -0.4 is 0 Å². The van der Waals surface area contributed by atoms with Crippen LogP contribution in [0.1, 0.15) is 11.8 Å². The van der Waals surface area contributed by atoms with Crippen molar-refractivity contribution < 1.29 is 8.42 Å². The summed E-state index contributed by atoms with van der Waals surface area (Å²) in [6.07, 6.45) is 0. The first kappa shape index (κ1) is 11.5. The topological polar surface area (TPSA) is 34.1 Å². The third-order valence-electron chi connectivity index (χ3n) is 1.50. The number of rotatable bonds is 3. The Kier molecular flexibility index (Phi) is 3.80. The first-order chi connectivity index (χ1) is 5.94. The van der Waals surface area contributed by atoms with Gasteiger partial charge in [0.05, 0.1) is 5.75 Å². The van der Waals surface area contributed by atoms with Gasteiger partial charge < -0.3 is 0 Å². The van der Waals surface area contributed by atoms with E-state index in [0.717, 1.165) is 9.35 Å². The van der Waals surface area contributed by atoms with Crippen LogP contribution in [0.3, 0.4) is 0 Å². The van der Waals surface area contributed by atoms with Crippen molar-refractivity contribution in [2.45, 2.75) is 12.7 Å². The van der Waals surface area contributed by atoms with E-state index < -0.39 is 9.84 Å². The zero-order valence-electron chi connectivity index (χ0n) is 6.88. The molecule has 0 atom stereocenters. The summed E-state index contributed by atoms with van der Waals surface area (Å²) in [7, 11) is -2.95. The van der Waals surface area contributed by atoms with Gasteiger partial charge in [-0.05, 0) is 22.0 Å². The van der Waals surface area contributed by atoms with Gasteiger partial charge in [0, 0.05) is 15.1 Å². The van der Waals surface area contributed by atoms with Gasteiger partial charge in [-0.1, -0.05) is 18.5 Å². The van der Waals surface area contributed by atoms with Gasteiger partial charge in [0.15, 0.2) is 9.84 Å². The van der Waals surface area contributed by atoms with Crippen LogP contribution >= 0.6 is 38.9 Å². The van der Waals surface area contributed by atoms with E-state index in [0.29, 0.717) is 4.34 Å². The third-order valence-corrected chi connectivity index (χ3v) is 5.79. The van der Waals surface area contributed by atoms with Crippen molar-refractivity contribution in [2.24, 2.45) is 0 Å². The Hall–Kier alpha value is 0.420. The minimum atomic E-state index is -2.95. The predicted octanol–water partition coefficient (Wildman–Crippen LogP) is 3.10. The second-order valence-electron chi connectivity index (χ2n) is 2.51. The molecule has 1 aromatic rings. The van der Waals surface area contributed by atoms with Gasteiger partial charge in [0.1, 0.15) is 4.34 Å². The van der Waals surface area contributed by atoms with Crippen molar-refractivity contribution in [1.82, 2.24) is 0 Å². The Bertz CT molecular complexity index is 377. The maximum absolute atomic E-state index is 11.2. The Morgan fingerprint density at radius 2 is 2.23 bits per heavy atom. The quantitative estimate of drug-likeness (QED) is 0.860. The van der Waals surface area contributed by atoms with Crippen molar-refractivity contribution >= 4 is 48.7 Å². The summed E-state index contributed by atoms with van der Waals surface area (Å²) in [6.45, 7) is 1.64. The fourth-order valence-corrected chi connectivity index (χ4v) is 3.86. The highest BCUT2D eigenvalue weighted by Gasteiger charge is 2.12. The summed E-state index contributed by atoms with van der Waals surface area (Å²) in [5.41, 5.74) is 0. The summed E-state index contributed by atoms with van der Waals surface area (Å²) < 4.78 is 23.8. The molecule has 0 fully saturated rings. The molecule has 2 nitrogen and oxygen atoms in total. The highest BCUT2D eigenvalue weighted by Crippen LogP contribution is 2.32. The number of hydrogen-bond acceptors (Lipinski definition) is 3. The normalized spacial score (nSPS) is 11.9. The van der Waals surface area contributed by atoms with E-state index in [1.807, 2.05) is 0 Å². The van der Waals surface area contributed by atoms with Gasteiger partial charge in [-0.15, -0.1) is 11.3 Å². The molecular formula is C7H8BrClO2S2. The number of halogens is 2. The minimum absolute atomic E-state index is 0.0828. The molecule has 0 amide bonds. The van der Waals surface area contributed by atoms with Gasteiger partial charge in [-0.2, -0.15) is 0 Å². The lowest BCUT2D eigenvalue weighted by Gasteiger charge is -1.96. The smallest absolute Gasteiger partial charge is 0.154 e. The number of hydrogen-bond donors (Lipinski definition) is 0. The van der Waals surface area contributed by atoms with Crippen molar-refractivity contribution in [3.63, 3.8) is 0 Å². The maximum atomic E-state index is 11.2. The average Bonchev–Trinajstić information content (AvgIpc) is 2.30. The molecule has 0 bridgehead atoms. The van der Waals surface area contributed by atoms with Crippen LogP contribution in [0, 0.1) is 0 Å². The van der Waals surface area contributed by atoms with Crippen LogP contribution in [0.5, 0.6) is 0 Å². The lowest BCUT2D eigenvalue weighted by Crippen LogP contribution is -2.04. The van der Waals surface area contributed by atoms with Crippen LogP contribution in [-0.4, -0.2) is 14.2 Å². The molecule has 6 heteroatoms. The van der Waals surface area contributed by atoms with Crippen LogP contribution in [0.4, 0.5) is 0 Å². The first-order valence-corrected chi connectivity index (χ1v) is 7.39. The van der Waals surface area contributed by atoms with Crippen molar-refractivity contribution in [3.05, 3.63) is 19.8 Å². The highest BCUT2D eigenvalue weighted by atomic mass is 79.9. The molecule has 74 valence electrons. The molecule has 0 aliphatic rings. The molecule has 1 aromatic heterocycles. The maximum Gasteiger partial charge on any atom is 0.154 e. The van der Waals surface area contributed by atoms with E-state index in [1.54, 1.807) is 13.0 Å². The predicted molar refractivity (Wildman–Crippen MR) is 60.2 cm³/mol. The molecule has 0 radical (unpaired) electrons. The second-order valence-corrected chi connectivity index (χ2v) is 7.46. The van der Waals surface area contributed by atoms with Crippen LogP contribution in [0.2, 0.25) is 4.34 Å². The second kappa shape index (κ2) is 4.29. The monoisotopic (exact) mass is 302 g/mol. The standard InChI is InChI=1S/C7H8BrClO2S2/c1-2-13(10,11)4-5-3-6(8)7(9)12-5/h3H,2,4H2,1H3. The van der Waals surface area contributed by atoms with E-state index in [9.17, 15) is 8.42 Å². The van der Waals surface area contributed by atoms with Crippen LogP contribution in [-0.2, 0) is 15.6 Å². The molecule has 1 heterocycles. The van der Waals surface area contributed by atoms with Gasteiger partial charge in [0.25, 0.3) is 0 Å². The number of thiophene rings is 1. The Labute approximate surface area is 95.0 Å². The Balaban J connectivity index is 2.87. The SMILES string of the molecule is CCS(=O)(=O)Cc1cc(Br)c(Cl)s1. The highest BCUT2D eigenvalue weighted by molar-refractivity contribution is 9.10. The summed E-state index contributed by atoms with van der Waals surface area (Å²) in [4.78, 5) is 0.777. The molecule has 0 aliphatic carbocycles. The van der Waals surface area contributed by atoms with Gasteiger partial charge >= 0.3 is 0 Å². The fourth-order valence-electron chi connectivity index (χ4n) is 0.781. The zero-order chi connectivity index (χ0) is 10.1. The molecule has 13 heavy (non-hydrogen) atoms. The summed E-state index contributed by atoms with van der Waals surface area (Å²) in [5.74, 6) is 0.250. The number of sulfone groups is 1. The first-order valence-electron chi connectivity index (χ1n) is 3.58.